The number of ether oxygens (including phenoxy) is 1. The van der Waals surface area contributed by atoms with Crippen molar-refractivity contribution in [2.24, 2.45) is 0 Å². The van der Waals surface area contributed by atoms with Gasteiger partial charge in [0.15, 0.2) is 6.61 Å². The first-order valence-electron chi connectivity index (χ1n) is 8.75. The Morgan fingerprint density at radius 3 is 2.31 bits per heavy atom. The second kappa shape index (κ2) is 7.92. The second-order valence-electron chi connectivity index (χ2n) is 6.78. The molecule has 0 aromatic heterocycles. The first kappa shape index (κ1) is 18.5. The van der Waals surface area contributed by atoms with Gasteiger partial charge in [0.05, 0.1) is 5.41 Å². The maximum atomic E-state index is 12.6. The summed E-state index contributed by atoms with van der Waals surface area (Å²) in [6, 6.07) is 15.2. The van der Waals surface area contributed by atoms with Crippen LogP contribution in [0.4, 0.5) is 0 Å². The number of nitrogens with one attached hydrogen (secondary N) is 1. The van der Waals surface area contributed by atoms with Crippen molar-refractivity contribution in [1.29, 1.82) is 0 Å². The number of halogens is 1. The summed E-state index contributed by atoms with van der Waals surface area (Å²) in [6.07, 6.45) is 2.44. The SMILES string of the molecule is Cc1ccc(CNC(=O)COC(=O)C2(c3ccc(Cl)cc3)CCC2)cc1. The third-order valence-electron chi connectivity index (χ3n) is 4.94. The van der Waals surface area contributed by atoms with Gasteiger partial charge in [-0.2, -0.15) is 0 Å². The molecule has 0 radical (unpaired) electrons. The van der Waals surface area contributed by atoms with Crippen LogP contribution in [-0.2, 0) is 26.3 Å². The topological polar surface area (TPSA) is 55.4 Å². The van der Waals surface area contributed by atoms with E-state index in [1.165, 1.54) is 5.56 Å². The van der Waals surface area contributed by atoms with Crippen molar-refractivity contribution in [3.05, 3.63) is 70.2 Å². The quantitative estimate of drug-likeness (QED) is 0.783. The Kier molecular flexibility index (Phi) is 5.62. The molecule has 2 aromatic rings. The lowest BCUT2D eigenvalue weighted by atomic mass is 9.64. The van der Waals surface area contributed by atoms with Crippen molar-refractivity contribution in [3.63, 3.8) is 0 Å². The molecule has 4 nitrogen and oxygen atoms in total. The highest BCUT2D eigenvalue weighted by atomic mass is 35.5. The Morgan fingerprint density at radius 2 is 1.73 bits per heavy atom. The van der Waals surface area contributed by atoms with Crippen molar-refractivity contribution < 1.29 is 14.3 Å². The molecule has 1 N–H and O–H groups in total. The fourth-order valence-electron chi connectivity index (χ4n) is 3.14. The maximum absolute atomic E-state index is 12.6. The molecular formula is C21H22ClNO3. The van der Waals surface area contributed by atoms with Gasteiger partial charge in [-0.25, -0.2) is 0 Å². The molecule has 1 aliphatic rings. The minimum absolute atomic E-state index is 0.264. The van der Waals surface area contributed by atoms with Gasteiger partial charge in [0.1, 0.15) is 0 Å². The van der Waals surface area contributed by atoms with Crippen LogP contribution >= 0.6 is 11.6 Å². The van der Waals surface area contributed by atoms with Crippen LogP contribution in [0.5, 0.6) is 0 Å². The summed E-state index contributed by atoms with van der Waals surface area (Å²) in [5.41, 5.74) is 2.44. The van der Waals surface area contributed by atoms with E-state index < -0.39 is 5.41 Å². The van der Waals surface area contributed by atoms with Gasteiger partial charge >= 0.3 is 5.97 Å². The lowest BCUT2D eigenvalue weighted by Gasteiger charge is -2.39. The molecule has 2 aromatic carbocycles. The van der Waals surface area contributed by atoms with E-state index in [-0.39, 0.29) is 18.5 Å². The molecule has 26 heavy (non-hydrogen) atoms. The average molecular weight is 372 g/mol. The zero-order chi connectivity index (χ0) is 18.6. The van der Waals surface area contributed by atoms with Gasteiger partial charge in [-0.05, 0) is 43.0 Å². The summed E-state index contributed by atoms with van der Waals surface area (Å²) in [7, 11) is 0. The molecule has 0 bridgehead atoms. The smallest absolute Gasteiger partial charge is 0.317 e. The molecule has 5 heteroatoms. The van der Waals surface area contributed by atoms with E-state index in [4.69, 9.17) is 16.3 Å². The summed E-state index contributed by atoms with van der Waals surface area (Å²) >= 11 is 5.93. The van der Waals surface area contributed by atoms with Crippen LogP contribution in [-0.4, -0.2) is 18.5 Å². The van der Waals surface area contributed by atoms with Crippen LogP contribution in [0.25, 0.3) is 0 Å². The predicted octanol–water partition coefficient (Wildman–Crippen LogP) is 3.93. The lowest BCUT2D eigenvalue weighted by molar-refractivity contribution is -0.157. The molecule has 0 spiro atoms. The highest BCUT2D eigenvalue weighted by molar-refractivity contribution is 6.30. The Morgan fingerprint density at radius 1 is 1.08 bits per heavy atom. The summed E-state index contributed by atoms with van der Waals surface area (Å²) in [6.45, 7) is 2.16. The zero-order valence-corrected chi connectivity index (χ0v) is 15.5. The van der Waals surface area contributed by atoms with Gasteiger partial charge in [-0.1, -0.05) is 60.0 Å². The summed E-state index contributed by atoms with van der Waals surface area (Å²) in [4.78, 5) is 24.6. The van der Waals surface area contributed by atoms with Crippen molar-refractivity contribution in [2.75, 3.05) is 6.61 Å². The molecule has 1 saturated carbocycles. The molecular weight excluding hydrogens is 350 g/mol. The number of aryl methyl sites for hydroxylation is 1. The molecule has 1 amide bonds. The number of hydrogen-bond donors (Lipinski definition) is 1. The summed E-state index contributed by atoms with van der Waals surface area (Å²) in [5, 5.41) is 3.41. The first-order chi connectivity index (χ1) is 12.5. The Balaban J connectivity index is 1.53. The minimum Gasteiger partial charge on any atom is -0.455 e. The molecule has 0 aliphatic heterocycles. The third-order valence-corrected chi connectivity index (χ3v) is 5.19. The molecule has 0 heterocycles. The van der Waals surface area contributed by atoms with Gasteiger partial charge in [-0.3, -0.25) is 9.59 Å². The maximum Gasteiger partial charge on any atom is 0.317 e. The molecule has 136 valence electrons. The van der Waals surface area contributed by atoms with Gasteiger partial charge in [0.25, 0.3) is 5.91 Å². The highest BCUT2D eigenvalue weighted by Gasteiger charge is 2.47. The van der Waals surface area contributed by atoms with Crippen LogP contribution in [0.2, 0.25) is 5.02 Å². The second-order valence-corrected chi connectivity index (χ2v) is 7.22. The number of benzene rings is 2. The van der Waals surface area contributed by atoms with Crippen molar-refractivity contribution in [2.45, 2.75) is 38.1 Å². The summed E-state index contributed by atoms with van der Waals surface area (Å²) < 4.78 is 5.32. The monoisotopic (exact) mass is 371 g/mol. The van der Waals surface area contributed by atoms with E-state index in [1.807, 2.05) is 43.3 Å². The van der Waals surface area contributed by atoms with E-state index in [0.717, 1.165) is 30.4 Å². The van der Waals surface area contributed by atoms with Crippen LogP contribution in [0.15, 0.2) is 48.5 Å². The van der Waals surface area contributed by atoms with Crippen molar-refractivity contribution in [3.8, 4) is 0 Å². The van der Waals surface area contributed by atoms with Crippen LogP contribution in [0.1, 0.15) is 36.0 Å². The molecule has 0 unspecified atom stereocenters. The number of rotatable bonds is 6. The number of carbonyl (C=O) groups excluding carboxylic acids is 2. The molecule has 1 fully saturated rings. The van der Waals surface area contributed by atoms with Gasteiger partial charge in [0.2, 0.25) is 0 Å². The van der Waals surface area contributed by atoms with Gasteiger partial charge < -0.3 is 10.1 Å². The average Bonchev–Trinajstić information content (AvgIpc) is 2.60. The minimum atomic E-state index is -0.637. The largest absolute Gasteiger partial charge is 0.455 e. The standard InChI is InChI=1S/C21H22ClNO3/c1-15-3-5-16(6-4-15)13-23-19(24)14-26-20(25)21(11-2-12-21)17-7-9-18(22)10-8-17/h3-10H,2,11-14H2,1H3,(H,23,24). The van der Waals surface area contributed by atoms with Crippen molar-refractivity contribution >= 4 is 23.5 Å². The normalized spacial score (nSPS) is 15.0. The van der Waals surface area contributed by atoms with Crippen LogP contribution in [0.3, 0.4) is 0 Å². The Labute approximate surface area is 158 Å². The number of carbonyl (C=O) groups is 2. The lowest BCUT2D eigenvalue weighted by Crippen LogP contribution is -2.44. The van der Waals surface area contributed by atoms with E-state index >= 15 is 0 Å². The predicted molar refractivity (Wildman–Crippen MR) is 101 cm³/mol. The van der Waals surface area contributed by atoms with E-state index in [1.54, 1.807) is 12.1 Å². The first-order valence-corrected chi connectivity index (χ1v) is 9.13. The zero-order valence-electron chi connectivity index (χ0n) is 14.8. The number of amides is 1. The fourth-order valence-corrected chi connectivity index (χ4v) is 3.26. The van der Waals surface area contributed by atoms with E-state index in [0.29, 0.717) is 11.6 Å². The molecule has 3 rings (SSSR count). The fraction of sp³-hybridized carbons (Fsp3) is 0.333. The number of hydrogen-bond acceptors (Lipinski definition) is 3. The van der Waals surface area contributed by atoms with Crippen LogP contribution in [0, 0.1) is 6.92 Å². The van der Waals surface area contributed by atoms with E-state index in [2.05, 4.69) is 5.32 Å². The van der Waals surface area contributed by atoms with Crippen molar-refractivity contribution in [1.82, 2.24) is 5.32 Å². The molecule has 0 atom stereocenters. The van der Waals surface area contributed by atoms with Gasteiger partial charge in [0, 0.05) is 11.6 Å². The van der Waals surface area contributed by atoms with Crippen LogP contribution < -0.4 is 5.32 Å². The number of esters is 1. The summed E-state index contributed by atoms with van der Waals surface area (Å²) in [5.74, 6) is -0.638. The Bertz CT molecular complexity index is 780. The molecule has 1 aliphatic carbocycles. The molecule has 0 saturated heterocycles. The van der Waals surface area contributed by atoms with E-state index in [9.17, 15) is 9.59 Å². The third kappa shape index (κ3) is 4.07. The highest BCUT2D eigenvalue weighted by Crippen LogP contribution is 2.45. The Hall–Kier alpha value is -2.33. The van der Waals surface area contributed by atoms with Gasteiger partial charge in [-0.15, -0.1) is 0 Å².